The van der Waals surface area contributed by atoms with Crippen LogP contribution in [0.1, 0.15) is 23.6 Å². The number of nitrogens with two attached hydrogens (primary N) is 1. The first kappa shape index (κ1) is 10.8. The quantitative estimate of drug-likeness (QED) is 0.831. The molecule has 0 amide bonds. The maximum atomic E-state index is 6.37. The van der Waals surface area contributed by atoms with E-state index in [1.165, 1.54) is 5.56 Å². The molecular formula is C14H16N2. The molecule has 0 saturated carbocycles. The number of hydrogen-bond donors (Lipinski definition) is 1. The van der Waals surface area contributed by atoms with Crippen molar-refractivity contribution in [2.45, 2.75) is 19.4 Å². The van der Waals surface area contributed by atoms with Gasteiger partial charge in [-0.25, -0.2) is 0 Å². The number of hydrogen-bond acceptors (Lipinski definition) is 2. The first-order chi connectivity index (χ1) is 7.60. The van der Waals surface area contributed by atoms with Crippen LogP contribution in [0.4, 0.5) is 0 Å². The predicted octanol–water partition coefficient (Wildman–Crippen LogP) is 2.61. The van der Waals surface area contributed by atoms with Crippen LogP contribution in [0.2, 0.25) is 0 Å². The molecule has 16 heavy (non-hydrogen) atoms. The van der Waals surface area contributed by atoms with Crippen LogP contribution in [0.25, 0.3) is 0 Å². The maximum absolute atomic E-state index is 6.37. The number of pyridine rings is 1. The van der Waals surface area contributed by atoms with Gasteiger partial charge in [0.1, 0.15) is 0 Å². The van der Waals surface area contributed by atoms with Crippen LogP contribution in [0.3, 0.4) is 0 Å². The molecule has 1 heterocycles. The lowest BCUT2D eigenvalue weighted by atomic mass is 9.86. The topological polar surface area (TPSA) is 38.9 Å². The Bertz CT molecular complexity index is 458. The Kier molecular flexibility index (Phi) is 2.75. The summed E-state index contributed by atoms with van der Waals surface area (Å²) < 4.78 is 0. The first-order valence-corrected chi connectivity index (χ1v) is 5.37. The Hall–Kier alpha value is -1.67. The monoisotopic (exact) mass is 212 g/mol. The SMILES string of the molecule is Cc1ccc(C(C)(N)c2cccnc2)cc1. The minimum atomic E-state index is -0.484. The highest BCUT2D eigenvalue weighted by Gasteiger charge is 2.23. The fourth-order valence-corrected chi connectivity index (χ4v) is 1.74. The molecular weight excluding hydrogens is 196 g/mol. The molecule has 0 bridgehead atoms. The van der Waals surface area contributed by atoms with E-state index in [0.717, 1.165) is 11.1 Å². The van der Waals surface area contributed by atoms with Crippen LogP contribution in [0, 0.1) is 6.92 Å². The molecule has 0 aliphatic carbocycles. The fourth-order valence-electron chi connectivity index (χ4n) is 1.74. The molecule has 0 saturated heterocycles. The molecule has 2 N–H and O–H groups in total. The number of aryl methyl sites for hydroxylation is 1. The predicted molar refractivity (Wildman–Crippen MR) is 66.1 cm³/mol. The van der Waals surface area contributed by atoms with Gasteiger partial charge in [-0.05, 0) is 31.0 Å². The Morgan fingerprint density at radius 1 is 1.06 bits per heavy atom. The fraction of sp³-hybridized carbons (Fsp3) is 0.214. The second-order valence-electron chi connectivity index (χ2n) is 4.31. The van der Waals surface area contributed by atoms with E-state index < -0.39 is 5.54 Å². The number of aromatic nitrogens is 1. The van der Waals surface area contributed by atoms with Gasteiger partial charge in [-0.2, -0.15) is 0 Å². The van der Waals surface area contributed by atoms with Gasteiger partial charge in [-0.3, -0.25) is 4.98 Å². The van der Waals surface area contributed by atoms with Crippen LogP contribution < -0.4 is 5.73 Å². The minimum absolute atomic E-state index is 0.484. The third-order valence-electron chi connectivity index (χ3n) is 2.91. The molecule has 2 nitrogen and oxygen atoms in total. The average molecular weight is 212 g/mol. The molecule has 0 fully saturated rings. The van der Waals surface area contributed by atoms with E-state index in [-0.39, 0.29) is 0 Å². The van der Waals surface area contributed by atoms with E-state index in [9.17, 15) is 0 Å². The van der Waals surface area contributed by atoms with Gasteiger partial charge in [0.2, 0.25) is 0 Å². The Morgan fingerprint density at radius 3 is 2.31 bits per heavy atom. The largest absolute Gasteiger partial charge is 0.318 e. The van der Waals surface area contributed by atoms with Crippen molar-refractivity contribution in [3.05, 3.63) is 65.5 Å². The zero-order valence-corrected chi connectivity index (χ0v) is 9.64. The van der Waals surface area contributed by atoms with Gasteiger partial charge < -0.3 is 5.73 Å². The second kappa shape index (κ2) is 4.06. The summed E-state index contributed by atoms with van der Waals surface area (Å²) in [4.78, 5) is 4.11. The lowest BCUT2D eigenvalue weighted by Gasteiger charge is -2.25. The number of benzene rings is 1. The Labute approximate surface area is 96.1 Å². The van der Waals surface area contributed by atoms with Crippen molar-refractivity contribution in [2.24, 2.45) is 5.73 Å². The summed E-state index contributed by atoms with van der Waals surface area (Å²) in [6.45, 7) is 4.08. The third kappa shape index (κ3) is 1.97. The maximum Gasteiger partial charge on any atom is 0.0652 e. The third-order valence-corrected chi connectivity index (χ3v) is 2.91. The van der Waals surface area contributed by atoms with Gasteiger partial charge in [0.15, 0.2) is 0 Å². The van der Waals surface area contributed by atoms with Crippen molar-refractivity contribution < 1.29 is 0 Å². The van der Waals surface area contributed by atoms with E-state index in [0.29, 0.717) is 0 Å². The molecule has 2 aromatic rings. The van der Waals surface area contributed by atoms with E-state index in [1.807, 2.05) is 25.3 Å². The zero-order chi connectivity index (χ0) is 11.6. The van der Waals surface area contributed by atoms with Gasteiger partial charge >= 0.3 is 0 Å². The molecule has 1 aromatic carbocycles. The van der Waals surface area contributed by atoms with Crippen molar-refractivity contribution in [1.29, 1.82) is 0 Å². The van der Waals surface area contributed by atoms with Crippen LogP contribution in [0.15, 0.2) is 48.8 Å². The minimum Gasteiger partial charge on any atom is -0.318 e. The van der Waals surface area contributed by atoms with Crippen LogP contribution in [-0.2, 0) is 5.54 Å². The van der Waals surface area contributed by atoms with Gasteiger partial charge in [0, 0.05) is 12.4 Å². The first-order valence-electron chi connectivity index (χ1n) is 5.37. The summed E-state index contributed by atoms with van der Waals surface area (Å²) in [5.41, 5.74) is 9.26. The molecule has 0 spiro atoms. The van der Waals surface area contributed by atoms with Crippen molar-refractivity contribution in [3.63, 3.8) is 0 Å². The molecule has 0 aliphatic heterocycles. The number of nitrogens with zero attached hydrogens (tertiary/aromatic N) is 1. The van der Waals surface area contributed by atoms with Gasteiger partial charge in [0.25, 0.3) is 0 Å². The van der Waals surface area contributed by atoms with Crippen LogP contribution in [0.5, 0.6) is 0 Å². The lowest BCUT2D eigenvalue weighted by Crippen LogP contribution is -2.34. The van der Waals surface area contributed by atoms with Crippen LogP contribution in [-0.4, -0.2) is 4.98 Å². The molecule has 1 unspecified atom stereocenters. The molecule has 0 radical (unpaired) electrons. The molecule has 1 atom stereocenters. The van der Waals surface area contributed by atoms with E-state index in [4.69, 9.17) is 5.73 Å². The van der Waals surface area contributed by atoms with Crippen LogP contribution >= 0.6 is 0 Å². The van der Waals surface area contributed by atoms with Gasteiger partial charge in [0.05, 0.1) is 5.54 Å². The molecule has 82 valence electrons. The molecule has 1 aromatic heterocycles. The van der Waals surface area contributed by atoms with Crippen molar-refractivity contribution >= 4 is 0 Å². The molecule has 0 aliphatic rings. The van der Waals surface area contributed by atoms with E-state index in [1.54, 1.807) is 6.20 Å². The second-order valence-corrected chi connectivity index (χ2v) is 4.31. The summed E-state index contributed by atoms with van der Waals surface area (Å²) in [6, 6.07) is 12.2. The van der Waals surface area contributed by atoms with Crippen molar-refractivity contribution in [2.75, 3.05) is 0 Å². The summed E-state index contributed by atoms with van der Waals surface area (Å²) in [7, 11) is 0. The van der Waals surface area contributed by atoms with Crippen molar-refractivity contribution in [1.82, 2.24) is 4.98 Å². The summed E-state index contributed by atoms with van der Waals surface area (Å²) in [5.74, 6) is 0. The van der Waals surface area contributed by atoms with E-state index in [2.05, 4.69) is 36.2 Å². The molecule has 2 heteroatoms. The van der Waals surface area contributed by atoms with Gasteiger partial charge in [-0.15, -0.1) is 0 Å². The highest BCUT2D eigenvalue weighted by molar-refractivity contribution is 5.36. The highest BCUT2D eigenvalue weighted by atomic mass is 14.7. The molecule has 2 rings (SSSR count). The summed E-state index contributed by atoms with van der Waals surface area (Å²) >= 11 is 0. The summed E-state index contributed by atoms with van der Waals surface area (Å²) in [6.07, 6.45) is 3.58. The summed E-state index contributed by atoms with van der Waals surface area (Å²) in [5, 5.41) is 0. The average Bonchev–Trinajstić information content (AvgIpc) is 2.31. The normalized spacial score (nSPS) is 14.4. The van der Waals surface area contributed by atoms with Gasteiger partial charge in [-0.1, -0.05) is 35.9 Å². The number of rotatable bonds is 2. The Morgan fingerprint density at radius 2 is 1.75 bits per heavy atom. The Balaban J connectivity index is 2.43. The highest BCUT2D eigenvalue weighted by Crippen LogP contribution is 2.25. The smallest absolute Gasteiger partial charge is 0.0652 e. The van der Waals surface area contributed by atoms with E-state index >= 15 is 0 Å². The lowest BCUT2D eigenvalue weighted by molar-refractivity contribution is 0.600. The standard InChI is InChI=1S/C14H16N2/c1-11-5-7-12(8-6-11)14(2,15)13-4-3-9-16-10-13/h3-10H,15H2,1-2H3. The van der Waals surface area contributed by atoms with Crippen molar-refractivity contribution in [3.8, 4) is 0 Å². The zero-order valence-electron chi connectivity index (χ0n) is 9.64.